The van der Waals surface area contributed by atoms with Gasteiger partial charge in [-0.3, -0.25) is 19.3 Å². The Morgan fingerprint density at radius 3 is 2.46 bits per heavy atom. The van der Waals surface area contributed by atoms with Crippen LogP contribution in [0.1, 0.15) is 18.1 Å². The predicted octanol–water partition coefficient (Wildman–Crippen LogP) is 1.58. The van der Waals surface area contributed by atoms with Crippen LogP contribution in [0.25, 0.3) is 0 Å². The van der Waals surface area contributed by atoms with E-state index >= 15 is 0 Å². The van der Waals surface area contributed by atoms with E-state index in [0.717, 1.165) is 44.8 Å². The summed E-state index contributed by atoms with van der Waals surface area (Å²) in [6, 6.07) is 10.4. The van der Waals surface area contributed by atoms with E-state index in [1.165, 1.54) is 5.56 Å². The molecular weight excluding hydrogens is 326 g/mol. The Morgan fingerprint density at radius 2 is 1.85 bits per heavy atom. The molecule has 1 atom stereocenters. The molecule has 2 aromatic rings. The lowest BCUT2D eigenvalue weighted by molar-refractivity contribution is -0.138. The number of aromatic nitrogens is 2. The maximum Gasteiger partial charge on any atom is 0.239 e. The average molecular weight is 355 g/mol. The Morgan fingerprint density at radius 1 is 1.15 bits per heavy atom. The fourth-order valence-electron chi connectivity index (χ4n) is 3.40. The van der Waals surface area contributed by atoms with Crippen molar-refractivity contribution in [3.05, 3.63) is 53.9 Å². The largest absolute Gasteiger partial charge is 0.339 e. The van der Waals surface area contributed by atoms with Crippen LogP contribution in [0.5, 0.6) is 0 Å². The van der Waals surface area contributed by atoms with Gasteiger partial charge in [0.25, 0.3) is 0 Å². The number of rotatable bonds is 6. The Kier molecular flexibility index (Phi) is 6.06. The van der Waals surface area contributed by atoms with Gasteiger partial charge in [-0.05, 0) is 19.5 Å². The first-order chi connectivity index (χ1) is 12.5. The summed E-state index contributed by atoms with van der Waals surface area (Å²) in [5.74, 6) is 0.218. The van der Waals surface area contributed by atoms with Gasteiger partial charge in [0.2, 0.25) is 5.91 Å². The van der Waals surface area contributed by atoms with Gasteiger partial charge in [-0.15, -0.1) is 0 Å². The molecule has 0 unspecified atom stereocenters. The van der Waals surface area contributed by atoms with Crippen molar-refractivity contribution < 1.29 is 4.79 Å². The summed E-state index contributed by atoms with van der Waals surface area (Å²) in [6.45, 7) is 7.15. The highest BCUT2D eigenvalue weighted by atomic mass is 16.2. The summed E-state index contributed by atoms with van der Waals surface area (Å²) in [6.07, 6.45) is 3.85. The summed E-state index contributed by atoms with van der Waals surface area (Å²) in [5, 5.41) is 4.20. The molecule has 0 aliphatic carbocycles. The van der Waals surface area contributed by atoms with E-state index in [-0.39, 0.29) is 11.9 Å². The number of aryl methyl sites for hydroxylation is 1. The lowest BCUT2D eigenvalue weighted by Gasteiger charge is -2.37. The number of hydrogen-bond acceptors (Lipinski definition) is 4. The lowest BCUT2D eigenvalue weighted by atomic mass is 10.1. The second kappa shape index (κ2) is 8.47. The minimum atomic E-state index is -0.129. The molecule has 0 N–H and O–H groups in total. The molecule has 3 rings (SSSR count). The van der Waals surface area contributed by atoms with E-state index in [1.54, 1.807) is 4.68 Å². The summed E-state index contributed by atoms with van der Waals surface area (Å²) in [5.41, 5.74) is 2.46. The van der Waals surface area contributed by atoms with Gasteiger partial charge in [0.05, 0.1) is 12.2 Å². The van der Waals surface area contributed by atoms with Crippen molar-refractivity contribution in [1.29, 1.82) is 0 Å². The second-order valence-electron chi connectivity index (χ2n) is 7.20. The number of piperazine rings is 1. The molecule has 1 aliphatic heterocycles. The number of likely N-dealkylation sites (N-methyl/N-ethyl adjacent to an activating group) is 1. The Labute approximate surface area is 156 Å². The average Bonchev–Trinajstić information content (AvgIpc) is 3.06. The Balaban J connectivity index is 1.47. The first-order valence-electron chi connectivity index (χ1n) is 9.26. The van der Waals surface area contributed by atoms with Crippen LogP contribution in [-0.4, -0.2) is 69.7 Å². The maximum absolute atomic E-state index is 12.8. The molecule has 0 bridgehead atoms. The van der Waals surface area contributed by atoms with Crippen molar-refractivity contribution in [3.8, 4) is 0 Å². The van der Waals surface area contributed by atoms with Gasteiger partial charge in [-0.25, -0.2) is 0 Å². The molecule has 6 nitrogen and oxygen atoms in total. The van der Waals surface area contributed by atoms with Gasteiger partial charge in [-0.1, -0.05) is 30.3 Å². The van der Waals surface area contributed by atoms with Gasteiger partial charge in [0.15, 0.2) is 0 Å². The van der Waals surface area contributed by atoms with E-state index in [1.807, 2.05) is 44.4 Å². The molecule has 0 radical (unpaired) electrons. The van der Waals surface area contributed by atoms with E-state index < -0.39 is 0 Å². The van der Waals surface area contributed by atoms with E-state index in [2.05, 4.69) is 39.2 Å². The lowest BCUT2D eigenvalue weighted by Crippen LogP contribution is -2.53. The fourth-order valence-corrected chi connectivity index (χ4v) is 3.40. The van der Waals surface area contributed by atoms with Gasteiger partial charge in [-0.2, -0.15) is 5.10 Å². The highest BCUT2D eigenvalue weighted by Gasteiger charge is 2.27. The molecule has 0 saturated carbocycles. The van der Waals surface area contributed by atoms with Crippen LogP contribution in [0.2, 0.25) is 0 Å². The molecule has 6 heteroatoms. The third-order valence-corrected chi connectivity index (χ3v) is 5.14. The van der Waals surface area contributed by atoms with Crippen molar-refractivity contribution in [2.45, 2.75) is 26.1 Å². The van der Waals surface area contributed by atoms with E-state index in [4.69, 9.17) is 0 Å². The number of nitrogens with zero attached hydrogens (tertiary/aromatic N) is 5. The first-order valence-corrected chi connectivity index (χ1v) is 9.26. The standard InChI is InChI=1S/C20H29N5O/c1-17(22(2)14-19-13-21-23(3)15-19)20(26)25-11-9-24(10-12-25)16-18-7-5-4-6-8-18/h4-8,13,15,17H,9-12,14,16H2,1-3H3/t17-/m1/s1. The molecular formula is C20H29N5O. The Bertz CT molecular complexity index is 706. The zero-order valence-electron chi connectivity index (χ0n) is 16.0. The highest BCUT2D eigenvalue weighted by molar-refractivity contribution is 5.81. The quantitative estimate of drug-likeness (QED) is 0.789. The molecule has 1 aliphatic rings. The first kappa shape index (κ1) is 18.6. The zero-order valence-corrected chi connectivity index (χ0v) is 16.0. The third kappa shape index (κ3) is 4.71. The number of benzene rings is 1. The number of hydrogen-bond donors (Lipinski definition) is 0. The van der Waals surface area contributed by atoms with Crippen LogP contribution < -0.4 is 0 Å². The monoisotopic (exact) mass is 355 g/mol. The number of amides is 1. The SMILES string of the molecule is C[C@H](C(=O)N1CCN(Cc2ccccc2)CC1)N(C)Cc1cnn(C)c1. The summed E-state index contributed by atoms with van der Waals surface area (Å²) >= 11 is 0. The fraction of sp³-hybridized carbons (Fsp3) is 0.500. The van der Waals surface area contributed by atoms with Crippen LogP contribution in [0.15, 0.2) is 42.7 Å². The highest BCUT2D eigenvalue weighted by Crippen LogP contribution is 2.12. The number of carbonyl (C=O) groups is 1. The number of carbonyl (C=O) groups excluding carboxylic acids is 1. The summed E-state index contributed by atoms with van der Waals surface area (Å²) < 4.78 is 1.79. The minimum Gasteiger partial charge on any atom is -0.339 e. The molecule has 26 heavy (non-hydrogen) atoms. The smallest absolute Gasteiger partial charge is 0.239 e. The summed E-state index contributed by atoms with van der Waals surface area (Å²) in [7, 11) is 3.91. The van der Waals surface area contributed by atoms with Gasteiger partial charge in [0.1, 0.15) is 0 Å². The van der Waals surface area contributed by atoms with Gasteiger partial charge >= 0.3 is 0 Å². The van der Waals surface area contributed by atoms with Crippen molar-refractivity contribution in [2.75, 3.05) is 33.2 Å². The van der Waals surface area contributed by atoms with Crippen molar-refractivity contribution in [3.63, 3.8) is 0 Å². The van der Waals surface area contributed by atoms with Crippen LogP contribution in [0.3, 0.4) is 0 Å². The van der Waals surface area contributed by atoms with Gasteiger partial charge < -0.3 is 4.90 Å². The molecule has 1 saturated heterocycles. The van der Waals surface area contributed by atoms with E-state index in [9.17, 15) is 4.79 Å². The summed E-state index contributed by atoms with van der Waals surface area (Å²) in [4.78, 5) is 19.4. The molecule has 1 fully saturated rings. The predicted molar refractivity (Wildman–Crippen MR) is 102 cm³/mol. The normalized spacial score (nSPS) is 16.8. The Hall–Kier alpha value is -2.18. The third-order valence-electron chi connectivity index (χ3n) is 5.14. The minimum absolute atomic E-state index is 0.129. The van der Waals surface area contributed by atoms with Crippen LogP contribution in [0.4, 0.5) is 0 Å². The molecule has 1 aromatic heterocycles. The van der Waals surface area contributed by atoms with Crippen molar-refractivity contribution in [2.24, 2.45) is 7.05 Å². The molecule has 0 spiro atoms. The van der Waals surface area contributed by atoms with Crippen LogP contribution in [0, 0.1) is 0 Å². The topological polar surface area (TPSA) is 44.6 Å². The van der Waals surface area contributed by atoms with E-state index in [0.29, 0.717) is 0 Å². The molecule has 1 aromatic carbocycles. The second-order valence-corrected chi connectivity index (χ2v) is 7.20. The van der Waals surface area contributed by atoms with Crippen molar-refractivity contribution >= 4 is 5.91 Å². The maximum atomic E-state index is 12.8. The molecule has 2 heterocycles. The van der Waals surface area contributed by atoms with Gasteiger partial charge in [0, 0.05) is 58.1 Å². The zero-order chi connectivity index (χ0) is 18.5. The van der Waals surface area contributed by atoms with Crippen LogP contribution in [-0.2, 0) is 24.9 Å². The van der Waals surface area contributed by atoms with Crippen LogP contribution >= 0.6 is 0 Å². The van der Waals surface area contributed by atoms with Crippen molar-refractivity contribution in [1.82, 2.24) is 24.5 Å². The molecule has 1 amide bonds. The molecule has 140 valence electrons.